The van der Waals surface area contributed by atoms with Crippen LogP contribution in [0.25, 0.3) is 0 Å². The summed E-state index contributed by atoms with van der Waals surface area (Å²) in [6, 6.07) is 25.8. The van der Waals surface area contributed by atoms with Crippen molar-refractivity contribution in [1.29, 1.82) is 0 Å². The van der Waals surface area contributed by atoms with Crippen LogP contribution < -0.4 is 16.2 Å². The summed E-state index contributed by atoms with van der Waals surface area (Å²) in [6.07, 6.45) is 0. The van der Waals surface area contributed by atoms with Crippen molar-refractivity contribution >= 4 is 34.0 Å². The van der Waals surface area contributed by atoms with Crippen LogP contribution in [0.3, 0.4) is 0 Å². The minimum atomic E-state index is -0.282. The molecule has 4 rings (SSSR count). The number of nitrogen functional groups attached to an aromatic ring is 2. The van der Waals surface area contributed by atoms with Gasteiger partial charge in [0.05, 0.1) is 0 Å². The van der Waals surface area contributed by atoms with Gasteiger partial charge in [-0.05, 0) is 95.4 Å². The van der Waals surface area contributed by atoms with Gasteiger partial charge in [0.15, 0.2) is 0 Å². The zero-order valence-electron chi connectivity index (χ0n) is 16.4. The van der Waals surface area contributed by atoms with E-state index in [1.807, 2.05) is 0 Å². The van der Waals surface area contributed by atoms with Gasteiger partial charge in [0, 0.05) is 27.1 Å². The lowest BCUT2D eigenvalue weighted by atomic mass is 10.3. The second-order valence-electron chi connectivity index (χ2n) is 6.16. The number of benzene rings is 4. The summed E-state index contributed by atoms with van der Waals surface area (Å²) < 4.78 is 31.2. The van der Waals surface area contributed by atoms with Gasteiger partial charge in [0.25, 0.3) is 0 Å². The zero-order chi connectivity index (χ0) is 22.6. The highest BCUT2D eigenvalue weighted by Gasteiger charge is 1.97. The highest BCUT2D eigenvalue weighted by molar-refractivity contribution is 14.1. The van der Waals surface area contributed by atoms with Crippen LogP contribution in [-0.2, 0) is 0 Å². The Labute approximate surface area is 193 Å². The third-order valence-corrected chi connectivity index (χ3v) is 4.30. The molecule has 31 heavy (non-hydrogen) atoms. The van der Waals surface area contributed by atoms with E-state index in [4.69, 9.17) is 21.3 Å². The summed E-state index contributed by atoms with van der Waals surface area (Å²) in [7, 11) is 0. The average Bonchev–Trinajstić information content (AvgIpc) is 2.73. The van der Waals surface area contributed by atoms with Crippen molar-refractivity contribution in [2.45, 2.75) is 0 Å². The molecule has 0 fully saturated rings. The van der Waals surface area contributed by atoms with E-state index in [0.29, 0.717) is 22.9 Å². The molecule has 0 heterocycles. The average molecular weight is 534 g/mol. The SMILES string of the molecule is Fc1ccc(I)cc1.Nc1cccc(O)c1.Nc1cccc(Oc2ccc(F)cc2)c1. The first-order chi connectivity index (χ1) is 14.8. The second-order valence-corrected chi connectivity index (χ2v) is 7.41. The fourth-order valence-corrected chi connectivity index (χ4v) is 2.53. The van der Waals surface area contributed by atoms with E-state index in [-0.39, 0.29) is 17.4 Å². The van der Waals surface area contributed by atoms with Gasteiger partial charge in [0.2, 0.25) is 0 Å². The van der Waals surface area contributed by atoms with Crippen molar-refractivity contribution in [2.24, 2.45) is 0 Å². The molecule has 0 unspecified atom stereocenters. The summed E-state index contributed by atoms with van der Waals surface area (Å²) in [5.41, 5.74) is 12.1. The number of phenolic OH excluding ortho intramolecular Hbond substituents is 1. The molecule has 0 aliphatic rings. The molecule has 0 spiro atoms. The first-order valence-corrected chi connectivity index (χ1v) is 10.1. The number of anilines is 2. The Morgan fingerprint density at radius 1 is 0.645 bits per heavy atom. The number of phenols is 1. The van der Waals surface area contributed by atoms with Crippen molar-refractivity contribution in [3.63, 3.8) is 0 Å². The van der Waals surface area contributed by atoms with Gasteiger partial charge >= 0.3 is 0 Å². The smallest absolute Gasteiger partial charge is 0.129 e. The van der Waals surface area contributed by atoms with Gasteiger partial charge < -0.3 is 21.3 Å². The lowest BCUT2D eigenvalue weighted by Crippen LogP contribution is -1.87. The van der Waals surface area contributed by atoms with Crippen molar-refractivity contribution in [1.82, 2.24) is 0 Å². The van der Waals surface area contributed by atoms with Crippen LogP contribution in [0.2, 0.25) is 0 Å². The van der Waals surface area contributed by atoms with Crippen molar-refractivity contribution in [3.05, 3.63) is 112 Å². The van der Waals surface area contributed by atoms with Crippen LogP contribution in [0.4, 0.5) is 20.2 Å². The van der Waals surface area contributed by atoms with Crippen LogP contribution in [-0.4, -0.2) is 5.11 Å². The quantitative estimate of drug-likeness (QED) is 0.200. The lowest BCUT2D eigenvalue weighted by molar-refractivity contribution is 0.475. The Hall–Kier alpha value is -3.33. The second kappa shape index (κ2) is 12.4. The molecule has 0 aromatic heterocycles. The summed E-state index contributed by atoms with van der Waals surface area (Å²) in [4.78, 5) is 0. The van der Waals surface area contributed by atoms with Crippen LogP contribution in [0.15, 0.2) is 97.1 Å². The van der Waals surface area contributed by atoms with E-state index in [1.165, 1.54) is 30.3 Å². The Morgan fingerprint density at radius 3 is 1.61 bits per heavy atom. The first-order valence-electron chi connectivity index (χ1n) is 9.06. The monoisotopic (exact) mass is 534 g/mol. The highest BCUT2D eigenvalue weighted by atomic mass is 127. The lowest BCUT2D eigenvalue weighted by Gasteiger charge is -2.05. The van der Waals surface area contributed by atoms with Crippen LogP contribution in [0.5, 0.6) is 17.2 Å². The molecule has 0 saturated carbocycles. The van der Waals surface area contributed by atoms with Crippen molar-refractivity contribution in [2.75, 3.05) is 11.5 Å². The Kier molecular flexibility index (Phi) is 9.57. The van der Waals surface area contributed by atoms with E-state index >= 15 is 0 Å². The Bertz CT molecular complexity index is 1040. The van der Waals surface area contributed by atoms with Gasteiger partial charge in [0.1, 0.15) is 28.9 Å². The van der Waals surface area contributed by atoms with E-state index in [9.17, 15) is 8.78 Å². The molecule has 0 bridgehead atoms. The van der Waals surface area contributed by atoms with E-state index < -0.39 is 0 Å². The zero-order valence-corrected chi connectivity index (χ0v) is 18.5. The minimum absolute atomic E-state index is 0.176. The summed E-state index contributed by atoms with van der Waals surface area (Å²) in [5, 5.41) is 8.73. The molecular weight excluding hydrogens is 513 g/mol. The fourth-order valence-electron chi connectivity index (χ4n) is 2.17. The van der Waals surface area contributed by atoms with Crippen LogP contribution in [0.1, 0.15) is 0 Å². The molecular formula is C24H21F2IN2O2. The first kappa shape index (κ1) is 23.9. The topological polar surface area (TPSA) is 81.5 Å². The number of nitrogens with two attached hydrogens (primary N) is 2. The number of halogens is 3. The largest absolute Gasteiger partial charge is 0.508 e. The third kappa shape index (κ3) is 9.81. The van der Waals surface area contributed by atoms with Gasteiger partial charge in [-0.2, -0.15) is 0 Å². The van der Waals surface area contributed by atoms with E-state index in [2.05, 4.69) is 22.6 Å². The number of hydrogen-bond acceptors (Lipinski definition) is 4. The fraction of sp³-hybridized carbons (Fsp3) is 0. The molecule has 0 radical (unpaired) electrons. The molecule has 160 valence electrons. The van der Waals surface area contributed by atoms with E-state index in [0.717, 1.165) is 3.57 Å². The molecule has 0 atom stereocenters. The number of hydrogen-bond donors (Lipinski definition) is 3. The van der Waals surface area contributed by atoms with Gasteiger partial charge in [-0.1, -0.05) is 12.1 Å². The molecule has 4 aromatic rings. The molecule has 4 nitrogen and oxygen atoms in total. The molecule has 5 N–H and O–H groups in total. The van der Waals surface area contributed by atoms with Gasteiger partial charge in [-0.3, -0.25) is 0 Å². The standard InChI is InChI=1S/C12H10FNO.C6H4FI.C6H7NO/c13-9-4-6-11(7-5-9)15-12-3-1-2-10(14)8-12;7-5-1-3-6(8)4-2-5;7-5-2-1-3-6(8)4-5/h1-8H,14H2;1-4H;1-4,8H,7H2. The molecule has 0 amide bonds. The molecule has 0 aliphatic heterocycles. The summed E-state index contributed by atoms with van der Waals surface area (Å²) >= 11 is 2.13. The van der Waals surface area contributed by atoms with Crippen LogP contribution in [0, 0.1) is 15.2 Å². The minimum Gasteiger partial charge on any atom is -0.508 e. The van der Waals surface area contributed by atoms with Gasteiger partial charge in [-0.15, -0.1) is 0 Å². The normalized spacial score (nSPS) is 9.52. The predicted molar refractivity (Wildman–Crippen MR) is 129 cm³/mol. The van der Waals surface area contributed by atoms with Crippen molar-refractivity contribution < 1.29 is 18.6 Å². The molecule has 0 aliphatic carbocycles. The predicted octanol–water partition coefficient (Wildman–Crippen LogP) is 6.60. The Morgan fingerprint density at radius 2 is 1.16 bits per heavy atom. The maximum absolute atomic E-state index is 12.6. The van der Waals surface area contributed by atoms with Crippen LogP contribution >= 0.6 is 22.6 Å². The number of ether oxygens (including phenoxy) is 1. The maximum atomic E-state index is 12.6. The highest BCUT2D eigenvalue weighted by Crippen LogP contribution is 2.22. The van der Waals surface area contributed by atoms with Gasteiger partial charge in [-0.25, -0.2) is 8.78 Å². The molecule has 4 aromatic carbocycles. The molecule has 7 heteroatoms. The third-order valence-electron chi connectivity index (χ3n) is 3.58. The number of aromatic hydroxyl groups is 1. The number of rotatable bonds is 2. The molecule has 0 saturated heterocycles. The Balaban J connectivity index is 0.000000181. The maximum Gasteiger partial charge on any atom is 0.129 e. The summed E-state index contributed by atoms with van der Waals surface area (Å²) in [6.45, 7) is 0. The summed E-state index contributed by atoms with van der Waals surface area (Å²) in [5.74, 6) is 0.981. The van der Waals surface area contributed by atoms with E-state index in [1.54, 1.807) is 66.7 Å². The van der Waals surface area contributed by atoms with Crippen molar-refractivity contribution in [3.8, 4) is 17.2 Å².